The second-order valence-corrected chi connectivity index (χ2v) is 9.20. The summed E-state index contributed by atoms with van der Waals surface area (Å²) in [6.07, 6.45) is 1.89. The summed E-state index contributed by atoms with van der Waals surface area (Å²) in [5, 5.41) is 2.68. The molecule has 0 aliphatic carbocycles. The number of piperazine rings is 1. The van der Waals surface area contributed by atoms with E-state index >= 15 is 0 Å². The van der Waals surface area contributed by atoms with Gasteiger partial charge in [0.25, 0.3) is 0 Å². The van der Waals surface area contributed by atoms with Crippen LogP contribution in [0.5, 0.6) is 0 Å². The lowest BCUT2D eigenvalue weighted by molar-refractivity contribution is -0.135. The van der Waals surface area contributed by atoms with Gasteiger partial charge in [-0.1, -0.05) is 26.0 Å². The molecule has 0 saturated carbocycles. The van der Waals surface area contributed by atoms with E-state index in [1.165, 1.54) is 4.31 Å². The van der Waals surface area contributed by atoms with Crippen molar-refractivity contribution in [2.45, 2.75) is 50.0 Å². The van der Waals surface area contributed by atoms with E-state index < -0.39 is 16.1 Å². The molecule has 148 valence electrons. The van der Waals surface area contributed by atoms with Crippen LogP contribution in [0.4, 0.5) is 0 Å². The number of sulfonamides is 1. The minimum absolute atomic E-state index is 0.101. The molecular formula is C19H27N3O4S. The van der Waals surface area contributed by atoms with Crippen molar-refractivity contribution in [2.24, 2.45) is 0 Å². The third-order valence-corrected chi connectivity index (χ3v) is 7.46. The minimum Gasteiger partial charge on any atom is -0.344 e. The van der Waals surface area contributed by atoms with Crippen LogP contribution in [0.25, 0.3) is 0 Å². The van der Waals surface area contributed by atoms with Gasteiger partial charge in [-0.25, -0.2) is 8.42 Å². The minimum atomic E-state index is -3.56. The Morgan fingerprint density at radius 1 is 1.19 bits per heavy atom. The van der Waals surface area contributed by atoms with Crippen LogP contribution in [0.2, 0.25) is 0 Å². The lowest BCUT2D eigenvalue weighted by Crippen LogP contribution is -2.54. The summed E-state index contributed by atoms with van der Waals surface area (Å²) in [5.74, 6) is 0.179. The van der Waals surface area contributed by atoms with Crippen LogP contribution >= 0.6 is 0 Å². The summed E-state index contributed by atoms with van der Waals surface area (Å²) < 4.78 is 27.2. The first-order valence-corrected chi connectivity index (χ1v) is 10.9. The van der Waals surface area contributed by atoms with Crippen molar-refractivity contribution in [3.63, 3.8) is 0 Å². The van der Waals surface area contributed by atoms with Gasteiger partial charge in [-0.3, -0.25) is 9.59 Å². The van der Waals surface area contributed by atoms with Gasteiger partial charge >= 0.3 is 0 Å². The van der Waals surface area contributed by atoms with Gasteiger partial charge in [-0.05, 0) is 36.5 Å². The number of nitrogens with one attached hydrogen (secondary N) is 1. The van der Waals surface area contributed by atoms with Crippen molar-refractivity contribution >= 4 is 21.8 Å². The van der Waals surface area contributed by atoms with E-state index in [4.69, 9.17) is 0 Å². The number of amides is 2. The number of hydrogen-bond acceptors (Lipinski definition) is 4. The Balaban J connectivity index is 1.62. The highest BCUT2D eigenvalue weighted by molar-refractivity contribution is 7.89. The maximum atomic E-state index is 12.9. The monoisotopic (exact) mass is 393 g/mol. The maximum absolute atomic E-state index is 12.9. The average Bonchev–Trinajstić information content (AvgIpc) is 3.13. The van der Waals surface area contributed by atoms with Gasteiger partial charge in [0.2, 0.25) is 21.8 Å². The van der Waals surface area contributed by atoms with Crippen LogP contribution in [0, 0.1) is 0 Å². The third kappa shape index (κ3) is 4.16. The van der Waals surface area contributed by atoms with Gasteiger partial charge in [0, 0.05) is 32.6 Å². The van der Waals surface area contributed by atoms with Gasteiger partial charge in [-0.2, -0.15) is 4.31 Å². The summed E-state index contributed by atoms with van der Waals surface area (Å²) >= 11 is 0. The summed E-state index contributed by atoms with van der Waals surface area (Å²) in [6, 6.07) is 6.63. The lowest BCUT2D eigenvalue weighted by atomic mass is 9.99. The van der Waals surface area contributed by atoms with E-state index in [0.29, 0.717) is 31.8 Å². The number of rotatable bonds is 5. The zero-order valence-corrected chi connectivity index (χ0v) is 16.7. The largest absolute Gasteiger partial charge is 0.344 e. The zero-order valence-electron chi connectivity index (χ0n) is 15.8. The Labute approximate surface area is 160 Å². The highest BCUT2D eigenvalue weighted by Crippen LogP contribution is 2.23. The molecule has 2 saturated heterocycles. The van der Waals surface area contributed by atoms with Crippen LogP contribution < -0.4 is 5.32 Å². The van der Waals surface area contributed by atoms with Gasteiger partial charge in [0.05, 0.1) is 4.90 Å². The first kappa shape index (κ1) is 19.8. The van der Waals surface area contributed by atoms with Crippen LogP contribution in [0.1, 0.15) is 44.6 Å². The third-order valence-electron chi connectivity index (χ3n) is 5.54. The molecule has 1 N–H and O–H groups in total. The molecule has 0 spiro atoms. The Morgan fingerprint density at radius 2 is 1.81 bits per heavy atom. The molecule has 0 radical (unpaired) electrons. The van der Waals surface area contributed by atoms with Crippen molar-refractivity contribution in [3.05, 3.63) is 29.8 Å². The van der Waals surface area contributed by atoms with Crippen LogP contribution in [-0.4, -0.2) is 61.7 Å². The smallest absolute Gasteiger partial charge is 0.245 e. The zero-order chi connectivity index (χ0) is 19.6. The number of carbonyl (C=O) groups excluding carboxylic acids is 2. The molecule has 0 unspecified atom stereocenters. The molecular weight excluding hydrogens is 366 g/mol. The molecule has 2 fully saturated rings. The van der Waals surface area contributed by atoms with E-state index in [1.54, 1.807) is 17.0 Å². The fourth-order valence-electron chi connectivity index (χ4n) is 3.52. The molecule has 2 aliphatic heterocycles. The van der Waals surface area contributed by atoms with E-state index in [2.05, 4.69) is 19.2 Å². The highest BCUT2D eigenvalue weighted by atomic mass is 32.2. The van der Waals surface area contributed by atoms with Crippen molar-refractivity contribution in [2.75, 3.05) is 26.2 Å². The molecule has 3 rings (SSSR count). The van der Waals surface area contributed by atoms with Crippen LogP contribution in [0.15, 0.2) is 29.2 Å². The molecule has 8 heteroatoms. The number of carbonyl (C=O) groups is 2. The van der Waals surface area contributed by atoms with Gasteiger partial charge < -0.3 is 10.2 Å². The Hall–Kier alpha value is -1.93. The maximum Gasteiger partial charge on any atom is 0.245 e. The van der Waals surface area contributed by atoms with Gasteiger partial charge in [0.15, 0.2) is 0 Å². The second kappa shape index (κ2) is 7.98. The van der Waals surface area contributed by atoms with Crippen molar-refractivity contribution in [1.82, 2.24) is 14.5 Å². The molecule has 2 atom stereocenters. The molecule has 2 heterocycles. The molecule has 1 aromatic carbocycles. The standard InChI is InChI=1S/C19H27N3O4S/c1-3-14(2)15-4-6-16(7-5-15)27(25,26)22-12-10-21(11-13-22)19(24)17-8-9-18(23)20-17/h4-7,14,17H,3,8-13H2,1-2H3,(H,20,23)/t14-,17-/m0/s1. The number of benzene rings is 1. The Bertz CT molecular complexity index is 799. The fraction of sp³-hybridized carbons (Fsp3) is 0.579. The summed E-state index contributed by atoms with van der Waals surface area (Å²) in [6.45, 7) is 5.44. The van der Waals surface area contributed by atoms with Crippen LogP contribution in [-0.2, 0) is 19.6 Å². The Morgan fingerprint density at radius 3 is 2.33 bits per heavy atom. The van der Waals surface area contributed by atoms with Gasteiger partial charge in [0.1, 0.15) is 6.04 Å². The Kier molecular flexibility index (Phi) is 5.86. The number of nitrogens with zero attached hydrogens (tertiary/aromatic N) is 2. The summed E-state index contributed by atoms with van der Waals surface area (Å²) in [7, 11) is -3.56. The van der Waals surface area contributed by atoms with E-state index in [-0.39, 0.29) is 29.8 Å². The van der Waals surface area contributed by atoms with E-state index in [1.807, 2.05) is 12.1 Å². The van der Waals surface area contributed by atoms with Crippen molar-refractivity contribution in [3.8, 4) is 0 Å². The topological polar surface area (TPSA) is 86.8 Å². The fourth-order valence-corrected chi connectivity index (χ4v) is 4.94. The van der Waals surface area contributed by atoms with Crippen molar-refractivity contribution < 1.29 is 18.0 Å². The lowest BCUT2D eigenvalue weighted by Gasteiger charge is -2.35. The average molecular weight is 394 g/mol. The summed E-state index contributed by atoms with van der Waals surface area (Å²) in [4.78, 5) is 25.7. The molecule has 2 aliphatic rings. The number of hydrogen-bond donors (Lipinski definition) is 1. The van der Waals surface area contributed by atoms with Gasteiger partial charge in [-0.15, -0.1) is 0 Å². The highest BCUT2D eigenvalue weighted by Gasteiger charge is 2.35. The predicted molar refractivity (Wildman–Crippen MR) is 102 cm³/mol. The normalized spacial score (nSPS) is 22.5. The van der Waals surface area contributed by atoms with E-state index in [0.717, 1.165) is 12.0 Å². The predicted octanol–water partition coefficient (Wildman–Crippen LogP) is 1.31. The molecule has 7 nitrogen and oxygen atoms in total. The molecule has 0 bridgehead atoms. The summed E-state index contributed by atoms with van der Waals surface area (Å²) in [5.41, 5.74) is 1.13. The van der Waals surface area contributed by atoms with Crippen LogP contribution in [0.3, 0.4) is 0 Å². The quantitative estimate of drug-likeness (QED) is 0.817. The molecule has 0 aromatic heterocycles. The van der Waals surface area contributed by atoms with Crippen molar-refractivity contribution in [1.29, 1.82) is 0 Å². The second-order valence-electron chi connectivity index (χ2n) is 7.27. The molecule has 2 amide bonds. The first-order valence-electron chi connectivity index (χ1n) is 9.51. The van der Waals surface area contributed by atoms with E-state index in [9.17, 15) is 18.0 Å². The SMILES string of the molecule is CC[C@H](C)c1ccc(S(=O)(=O)N2CCN(C(=O)[C@@H]3CCC(=O)N3)CC2)cc1. The molecule has 27 heavy (non-hydrogen) atoms. The first-order chi connectivity index (χ1) is 12.8. The molecule has 1 aromatic rings.